The zero-order chi connectivity index (χ0) is 5.54. The normalized spacial score (nSPS) is 7.14. The van der Waals surface area contributed by atoms with Gasteiger partial charge in [-0.3, -0.25) is 0 Å². The average Bonchev–Trinajstić information content (AvgIpc) is 1.69. The van der Waals surface area contributed by atoms with E-state index in [1.807, 2.05) is 7.05 Å². The van der Waals surface area contributed by atoms with Crippen molar-refractivity contribution in [1.82, 2.24) is 5.32 Å². The molecule has 0 heterocycles. The summed E-state index contributed by atoms with van der Waals surface area (Å²) in [7, 11) is 1.85. The van der Waals surface area contributed by atoms with Crippen LogP contribution in [0.15, 0.2) is 0 Å². The second-order valence-corrected chi connectivity index (χ2v) is 1.09. The summed E-state index contributed by atoms with van der Waals surface area (Å²) in [5.41, 5.74) is 5.07. The van der Waals surface area contributed by atoms with E-state index in [-0.39, 0.29) is 0 Å². The lowest BCUT2D eigenvalue weighted by molar-refractivity contribution is 0.937. The fraction of sp³-hybridized carbons (Fsp3) is 0.600. The van der Waals surface area contributed by atoms with Crippen LogP contribution in [0.1, 0.15) is 0 Å². The molecule has 40 valence electrons. The molecule has 0 rings (SSSR count). The van der Waals surface area contributed by atoms with Gasteiger partial charge in [0.05, 0.1) is 13.1 Å². The van der Waals surface area contributed by atoms with Crippen molar-refractivity contribution in [2.75, 3.05) is 20.1 Å². The van der Waals surface area contributed by atoms with Crippen LogP contribution in [0.3, 0.4) is 0 Å². The van der Waals surface area contributed by atoms with Gasteiger partial charge in [0.2, 0.25) is 0 Å². The Hall–Kier alpha value is -0.520. The van der Waals surface area contributed by atoms with Crippen LogP contribution >= 0.6 is 0 Å². The minimum Gasteiger partial charge on any atom is -0.320 e. The van der Waals surface area contributed by atoms with Crippen LogP contribution in [0.2, 0.25) is 0 Å². The van der Waals surface area contributed by atoms with Crippen molar-refractivity contribution in [3.05, 3.63) is 0 Å². The Morgan fingerprint density at radius 1 is 1.57 bits per heavy atom. The third-order valence-corrected chi connectivity index (χ3v) is 0.492. The summed E-state index contributed by atoms with van der Waals surface area (Å²) in [5.74, 6) is 5.51. The van der Waals surface area contributed by atoms with Gasteiger partial charge in [-0.2, -0.15) is 0 Å². The summed E-state index contributed by atoms with van der Waals surface area (Å²) in [6.45, 7) is 1.19. The van der Waals surface area contributed by atoms with Gasteiger partial charge in [0.1, 0.15) is 0 Å². The molecule has 0 aliphatic heterocycles. The van der Waals surface area contributed by atoms with E-state index in [9.17, 15) is 0 Å². The van der Waals surface area contributed by atoms with Crippen LogP contribution in [0, 0.1) is 11.8 Å². The molecule has 0 saturated carbocycles. The lowest BCUT2D eigenvalue weighted by Crippen LogP contribution is -2.05. The lowest BCUT2D eigenvalue weighted by Gasteiger charge is -1.79. The quantitative estimate of drug-likeness (QED) is 0.420. The molecule has 0 aromatic heterocycles. The molecule has 0 aliphatic rings. The fourth-order valence-corrected chi connectivity index (χ4v) is 0.223. The Balaban J connectivity index is 2.91. The van der Waals surface area contributed by atoms with Crippen molar-refractivity contribution in [1.29, 1.82) is 0 Å². The zero-order valence-corrected chi connectivity index (χ0v) is 4.49. The van der Waals surface area contributed by atoms with Crippen molar-refractivity contribution in [3.63, 3.8) is 0 Å². The number of hydrogen-bond acceptors (Lipinski definition) is 2. The average molecular weight is 98.1 g/mol. The second-order valence-electron chi connectivity index (χ2n) is 1.09. The highest BCUT2D eigenvalue weighted by Gasteiger charge is 1.62. The summed E-state index contributed by atoms with van der Waals surface area (Å²) < 4.78 is 0. The van der Waals surface area contributed by atoms with Crippen LogP contribution < -0.4 is 11.1 Å². The molecule has 0 radical (unpaired) electrons. The molecule has 0 bridgehead atoms. The van der Waals surface area contributed by atoms with E-state index >= 15 is 0 Å². The summed E-state index contributed by atoms with van der Waals surface area (Å²) in [5, 5.41) is 2.87. The van der Waals surface area contributed by atoms with Gasteiger partial charge in [-0.1, -0.05) is 11.8 Å². The predicted molar refractivity (Wildman–Crippen MR) is 30.8 cm³/mol. The van der Waals surface area contributed by atoms with E-state index < -0.39 is 0 Å². The highest BCUT2D eigenvalue weighted by atomic mass is 14.8. The van der Waals surface area contributed by atoms with E-state index in [1.54, 1.807) is 0 Å². The van der Waals surface area contributed by atoms with Crippen molar-refractivity contribution < 1.29 is 0 Å². The maximum Gasteiger partial charge on any atom is 0.0574 e. The Kier molecular flexibility index (Phi) is 5.07. The van der Waals surface area contributed by atoms with Crippen molar-refractivity contribution in [3.8, 4) is 11.8 Å². The molecular weight excluding hydrogens is 88.1 g/mol. The number of nitrogens with one attached hydrogen (secondary N) is 1. The third kappa shape index (κ3) is 5.48. The SMILES string of the molecule is CNCC#CCN. The molecule has 7 heavy (non-hydrogen) atoms. The van der Waals surface area contributed by atoms with Gasteiger partial charge in [0, 0.05) is 0 Å². The van der Waals surface area contributed by atoms with E-state index in [0.717, 1.165) is 6.54 Å². The summed E-state index contributed by atoms with van der Waals surface area (Å²) in [4.78, 5) is 0. The maximum absolute atomic E-state index is 5.07. The Morgan fingerprint density at radius 2 is 2.29 bits per heavy atom. The van der Waals surface area contributed by atoms with Gasteiger partial charge in [-0.25, -0.2) is 0 Å². The first kappa shape index (κ1) is 6.48. The first-order valence-electron chi connectivity index (χ1n) is 2.22. The van der Waals surface area contributed by atoms with Crippen molar-refractivity contribution >= 4 is 0 Å². The van der Waals surface area contributed by atoms with E-state index in [4.69, 9.17) is 5.73 Å². The predicted octanol–water partition coefficient (Wildman–Crippen LogP) is -0.832. The molecule has 2 nitrogen and oxygen atoms in total. The fourth-order valence-electron chi connectivity index (χ4n) is 0.223. The Morgan fingerprint density at radius 3 is 2.71 bits per heavy atom. The van der Waals surface area contributed by atoms with Crippen LogP contribution in [0.5, 0.6) is 0 Å². The number of hydrogen-bond donors (Lipinski definition) is 2. The highest BCUT2D eigenvalue weighted by molar-refractivity contribution is 5.01. The van der Waals surface area contributed by atoms with E-state index in [0.29, 0.717) is 6.54 Å². The molecule has 0 fully saturated rings. The van der Waals surface area contributed by atoms with Crippen LogP contribution in [-0.2, 0) is 0 Å². The molecule has 0 unspecified atom stereocenters. The minimum absolute atomic E-state index is 0.460. The maximum atomic E-state index is 5.07. The number of nitrogens with two attached hydrogens (primary N) is 1. The zero-order valence-electron chi connectivity index (χ0n) is 4.49. The van der Waals surface area contributed by atoms with Crippen LogP contribution in [0.4, 0.5) is 0 Å². The molecule has 0 saturated heterocycles. The van der Waals surface area contributed by atoms with Gasteiger partial charge in [-0.05, 0) is 7.05 Å². The first-order chi connectivity index (χ1) is 3.41. The molecule has 0 aromatic rings. The molecule has 0 spiro atoms. The monoisotopic (exact) mass is 98.1 g/mol. The second kappa shape index (κ2) is 5.48. The first-order valence-corrected chi connectivity index (χ1v) is 2.22. The standard InChI is InChI=1S/C5H10N2/c1-7-5-3-2-4-6/h7H,4-6H2,1H3. The molecule has 0 atom stereocenters. The van der Waals surface area contributed by atoms with E-state index in [2.05, 4.69) is 17.2 Å². The van der Waals surface area contributed by atoms with Gasteiger partial charge < -0.3 is 11.1 Å². The Bertz CT molecular complexity index is 77.8. The van der Waals surface area contributed by atoms with E-state index in [1.165, 1.54) is 0 Å². The third-order valence-electron chi connectivity index (χ3n) is 0.492. The van der Waals surface area contributed by atoms with Gasteiger partial charge in [0.25, 0.3) is 0 Å². The van der Waals surface area contributed by atoms with Crippen LogP contribution in [-0.4, -0.2) is 20.1 Å². The van der Waals surface area contributed by atoms with Crippen LogP contribution in [0.25, 0.3) is 0 Å². The molecule has 2 heteroatoms. The van der Waals surface area contributed by atoms with Gasteiger partial charge in [-0.15, -0.1) is 0 Å². The molecule has 0 aromatic carbocycles. The van der Waals surface area contributed by atoms with Gasteiger partial charge in [0.15, 0.2) is 0 Å². The molecule has 3 N–H and O–H groups in total. The lowest BCUT2D eigenvalue weighted by atomic mass is 10.6. The summed E-state index contributed by atoms with van der Waals surface area (Å²) >= 11 is 0. The number of rotatable bonds is 1. The smallest absolute Gasteiger partial charge is 0.0574 e. The molecule has 0 amide bonds. The minimum atomic E-state index is 0.460. The van der Waals surface area contributed by atoms with Gasteiger partial charge >= 0.3 is 0 Å². The topological polar surface area (TPSA) is 38.0 Å². The highest BCUT2D eigenvalue weighted by Crippen LogP contribution is 1.47. The molecule has 0 aliphatic carbocycles. The Labute approximate surface area is 44.1 Å². The molecular formula is C5H10N2. The van der Waals surface area contributed by atoms with Crippen molar-refractivity contribution in [2.24, 2.45) is 5.73 Å². The van der Waals surface area contributed by atoms with Crippen molar-refractivity contribution in [2.45, 2.75) is 0 Å². The summed E-state index contributed by atoms with van der Waals surface area (Å²) in [6.07, 6.45) is 0. The largest absolute Gasteiger partial charge is 0.320 e. The summed E-state index contributed by atoms with van der Waals surface area (Å²) in [6, 6.07) is 0.